The first-order chi connectivity index (χ1) is 62.6. The highest BCUT2D eigenvalue weighted by Crippen LogP contribution is 2.42. The SMILES string of the molecule is C[Si](C)(C)O[Si](C)(O[Si](C)(C)C)O[Si](C)(C)O[Si](C)(C)O[Si](C)(O[Si](C)(C)C)O[Si](C)(C)C.C[Si](C)(C)O[Si](C)(O[Si](C)(C)C)O[Si](C)(C)O[Si](C)(C)O[Si](O[Si](C)(C)C)(O[Si](C)(C)C)O[Si](C)(C)C.C[Si](C)(C)O[Si](C)(O[Si](C)(C)C)O[Si](C)(C)O[Si](C)(O[Si](C)(C)C)O[Si](C)(O[Si](C)(C)C)O[Si](C)(C)C.C[Si](C)(C)O[Si](C)(O[Si](C)(C)C)O[Si](C)(O[Si](C)(C)C)O[Si](C)(C)O[Si](O[Si](C)(C)C)(O[Si](C)(C)C)O[Si](C)(C)C. The van der Waals surface area contributed by atoms with Crippen molar-refractivity contribution in [2.45, 2.75) is 524 Å². The minimum Gasteiger partial charge on any atom is -0.417 e. The summed E-state index contributed by atoms with van der Waals surface area (Å²) in [6.07, 6.45) is 0. The Balaban J connectivity index is -0.000000937. The van der Waals surface area contributed by atoms with Crippen molar-refractivity contribution in [1.29, 1.82) is 0 Å². The van der Waals surface area contributed by atoms with Crippen LogP contribution in [0.3, 0.4) is 0 Å². The van der Waals surface area contributed by atoms with Crippen LogP contribution < -0.4 is 0 Å². The maximum atomic E-state index is 7.02. The van der Waals surface area contributed by atoms with Crippen LogP contribution in [0.15, 0.2) is 0 Å². The normalized spacial score (nSPS) is 16.5. The van der Waals surface area contributed by atoms with Crippen molar-refractivity contribution >= 4 is 306 Å². The Morgan fingerprint density at radius 2 is 0.128 bits per heavy atom. The van der Waals surface area contributed by atoms with E-state index in [0.717, 1.165) is 0 Å². The van der Waals surface area contributed by atoms with E-state index in [1.54, 1.807) is 0 Å². The molecule has 0 radical (unpaired) electrons. The van der Waals surface area contributed by atoms with Crippen molar-refractivity contribution in [3.8, 4) is 0 Å². The molecule has 32 nitrogen and oxygen atoms in total. The Bertz CT molecular complexity index is 3700. The van der Waals surface area contributed by atoms with E-state index in [1.807, 2.05) is 91.7 Å². The molecule has 148 heavy (non-hydrogen) atoms. The quantitative estimate of drug-likeness (QED) is 0.0511. The molecule has 0 rings (SSSR count). The molecule has 0 aromatic carbocycles. The largest absolute Gasteiger partial charge is 0.638 e. The smallest absolute Gasteiger partial charge is 0.417 e. The molecule has 0 heterocycles. The molecular weight excluding hydrogens is 2480 g/mol. The van der Waals surface area contributed by atoms with Crippen molar-refractivity contribution < 1.29 is 132 Å². The van der Waals surface area contributed by atoms with E-state index in [2.05, 4.69) is 432 Å². The Morgan fingerprint density at radius 1 is 0.0608 bits per heavy atom. The van der Waals surface area contributed by atoms with E-state index < -0.39 is 306 Å². The zero-order chi connectivity index (χ0) is 121. The topological polar surface area (TPSA) is 295 Å². The van der Waals surface area contributed by atoms with Gasteiger partial charge >= 0.3 is 140 Å². The summed E-state index contributed by atoms with van der Waals surface area (Å²) >= 11 is 0. The van der Waals surface area contributed by atoms with Gasteiger partial charge in [0.05, 0.1) is 0 Å². The molecule has 0 saturated heterocycles. The molecule has 2 atom stereocenters. The highest BCUT2D eigenvalue weighted by atomic mass is 28.6. The molecule has 896 valence electrons. The molecule has 0 aliphatic heterocycles. The van der Waals surface area contributed by atoms with Crippen LogP contribution in [0.5, 0.6) is 0 Å². The molecular formula is C80H240O32Si36. The second-order valence-electron chi connectivity index (χ2n) is 61.8. The number of hydrogen-bond donors (Lipinski definition) is 0. The van der Waals surface area contributed by atoms with Gasteiger partial charge in [-0.1, -0.05) is 0 Å². The van der Waals surface area contributed by atoms with E-state index in [4.69, 9.17) is 132 Å². The molecule has 2 unspecified atom stereocenters. The fourth-order valence-corrected chi connectivity index (χ4v) is 160. The molecule has 0 bridgehead atoms. The van der Waals surface area contributed by atoms with Crippen molar-refractivity contribution in [2.24, 2.45) is 0 Å². The molecule has 0 aliphatic carbocycles. The Kier molecular flexibility index (Phi) is 59.9. The van der Waals surface area contributed by atoms with Gasteiger partial charge in [0, 0.05) is 52.4 Å². The molecule has 0 saturated carbocycles. The standard InChI is InChI=1S/C22H66O9Si10.2C20H60O8Si9.C18H54O7Si8/c1-32(2,3)23-39(21,24-33(4,5)6)31-40(22,25-34(7,8)9)29-38(19,20)30-41(26-35(10,11)12,27-36(13,14)15)28-37(16,17)18;1-29(2,3)21-35(18,22-30(4,5)6)26-34(16,17)27-37(20,25-33(13,14)15)28-36(19,23-31(7,8)9)24-32(10,11)12;1-29(2,3)21-36(20,22-30(4,5)6)27-34(16,17)26-35(18,19)28-37(23-31(7,8)9,24-32(10,11)12)25-33(13,14)15;1-26(2,3)19-32(17,20-27(4,5)6)24-30(13,14)23-31(15,16)25-33(18,21-28(7,8)9)22-29(10,11)12/h1-22H3;2*1-20H3;1-18H3. The van der Waals surface area contributed by atoms with E-state index in [-0.39, 0.29) is 0 Å². The van der Waals surface area contributed by atoms with Crippen LogP contribution in [-0.4, -0.2) is 306 Å². The predicted molar refractivity (Wildman–Crippen MR) is 711 cm³/mol. The Morgan fingerprint density at radius 3 is 0.223 bits per heavy atom. The zero-order valence-corrected chi connectivity index (χ0v) is 147. The summed E-state index contributed by atoms with van der Waals surface area (Å²) in [6.45, 7) is 170. The molecule has 0 N–H and O–H groups in total. The van der Waals surface area contributed by atoms with E-state index >= 15 is 0 Å². The van der Waals surface area contributed by atoms with Crippen LogP contribution >= 0.6 is 0 Å². The monoisotopic (exact) mass is 2720 g/mol. The Hall–Kier alpha value is 6.53. The summed E-state index contributed by atoms with van der Waals surface area (Å²) in [5.41, 5.74) is 0. The van der Waals surface area contributed by atoms with Gasteiger partial charge in [-0.15, -0.1) is 0 Å². The van der Waals surface area contributed by atoms with E-state index in [1.165, 1.54) is 0 Å². The van der Waals surface area contributed by atoms with Gasteiger partial charge in [0.15, 0.2) is 166 Å². The van der Waals surface area contributed by atoms with Gasteiger partial charge in [-0.3, -0.25) is 0 Å². The van der Waals surface area contributed by atoms with Crippen LogP contribution in [0.2, 0.25) is 524 Å². The molecule has 0 fully saturated rings. The molecule has 0 aliphatic rings. The minimum absolute atomic E-state index is 1.89. The number of rotatable bonds is 64. The Labute approximate surface area is 952 Å². The van der Waals surface area contributed by atoms with Gasteiger partial charge in [-0.05, 0) is 471 Å². The van der Waals surface area contributed by atoms with Gasteiger partial charge < -0.3 is 132 Å². The average molecular weight is 2730 g/mol. The maximum Gasteiger partial charge on any atom is 0.638 e. The first-order valence-electron chi connectivity index (χ1n) is 53.1. The molecule has 0 aromatic heterocycles. The van der Waals surface area contributed by atoms with Crippen molar-refractivity contribution in [3.05, 3.63) is 0 Å². The second-order valence-corrected chi connectivity index (χ2v) is 205. The van der Waals surface area contributed by atoms with Crippen LogP contribution in [0.1, 0.15) is 0 Å². The van der Waals surface area contributed by atoms with Crippen LogP contribution in [0.4, 0.5) is 0 Å². The first-order valence-corrected chi connectivity index (χ1v) is 159. The molecule has 0 spiro atoms. The minimum atomic E-state index is -3.62. The lowest BCUT2D eigenvalue weighted by Gasteiger charge is -2.47. The van der Waals surface area contributed by atoms with Gasteiger partial charge in [0.2, 0.25) is 0 Å². The summed E-state index contributed by atoms with van der Waals surface area (Å²) in [6, 6.07) is 0. The van der Waals surface area contributed by atoms with Gasteiger partial charge in [-0.2, -0.15) is 0 Å². The third-order valence-corrected chi connectivity index (χ3v) is 131. The lowest BCUT2D eigenvalue weighted by Crippen LogP contribution is -2.69. The summed E-state index contributed by atoms with van der Waals surface area (Å²) in [5, 5.41) is 0. The van der Waals surface area contributed by atoms with Crippen LogP contribution in [0.25, 0.3) is 0 Å². The molecule has 68 heteroatoms. The molecule has 0 aromatic rings. The van der Waals surface area contributed by atoms with Crippen molar-refractivity contribution in [1.82, 2.24) is 0 Å². The third kappa shape index (κ3) is 88.9. The third-order valence-electron chi connectivity index (χ3n) is 14.5. The van der Waals surface area contributed by atoms with Crippen LogP contribution in [-0.2, 0) is 132 Å². The van der Waals surface area contributed by atoms with Gasteiger partial charge in [0.25, 0.3) is 0 Å². The van der Waals surface area contributed by atoms with Gasteiger partial charge in [0.1, 0.15) is 0 Å². The van der Waals surface area contributed by atoms with E-state index in [0.29, 0.717) is 0 Å². The highest BCUT2D eigenvalue weighted by molar-refractivity contribution is 7.00. The first kappa shape index (κ1) is 161. The summed E-state index contributed by atoms with van der Waals surface area (Å²) in [5.74, 6) is 0. The van der Waals surface area contributed by atoms with Gasteiger partial charge in [-0.25, -0.2) is 0 Å². The summed E-state index contributed by atoms with van der Waals surface area (Å²) in [4.78, 5) is 0. The zero-order valence-electron chi connectivity index (χ0n) is 111. The predicted octanol–water partition coefficient (Wildman–Crippen LogP) is 30.8. The number of hydrogen-bond acceptors (Lipinski definition) is 32. The fourth-order valence-electron chi connectivity index (χ4n) is 16.0. The van der Waals surface area contributed by atoms with Crippen molar-refractivity contribution in [3.63, 3.8) is 0 Å². The molecule has 0 amide bonds. The second kappa shape index (κ2) is 55.1. The summed E-state index contributed by atoms with van der Waals surface area (Å²) < 4.78 is 216. The average Bonchev–Trinajstić information content (AvgIpc) is 0.782. The fraction of sp³-hybridized carbons (Fsp3) is 1.00. The van der Waals surface area contributed by atoms with Crippen molar-refractivity contribution in [2.75, 3.05) is 0 Å². The lowest BCUT2D eigenvalue weighted by molar-refractivity contribution is 0.120. The van der Waals surface area contributed by atoms with E-state index in [9.17, 15) is 0 Å². The van der Waals surface area contributed by atoms with Crippen LogP contribution in [0, 0.1) is 0 Å². The maximum absolute atomic E-state index is 7.02. The summed E-state index contributed by atoms with van der Waals surface area (Å²) in [7, 11) is -89.0. The highest BCUT2D eigenvalue weighted by Gasteiger charge is 2.66. The lowest BCUT2D eigenvalue weighted by atomic mass is 11.8.